The van der Waals surface area contributed by atoms with Crippen LogP contribution in [0.2, 0.25) is 0 Å². The zero-order valence-corrected chi connectivity index (χ0v) is 97.5. The molecule has 0 saturated heterocycles. The van der Waals surface area contributed by atoms with E-state index in [2.05, 4.69) is 0 Å². The van der Waals surface area contributed by atoms with Gasteiger partial charge in [0.15, 0.2) is 0 Å². The molecule has 0 saturated carbocycles. The number of hydrogen-bond donors (Lipinski definition) is 0. The van der Waals surface area contributed by atoms with Crippen molar-refractivity contribution in [2.75, 3.05) is 0 Å². The molecule has 0 radical (unpaired) electrons. The van der Waals surface area contributed by atoms with E-state index in [1.54, 1.807) is 0 Å². The average molecular weight is 1340 g/mol. The van der Waals surface area contributed by atoms with Crippen molar-refractivity contribution in [1.82, 2.24) is 0 Å². The van der Waals surface area contributed by atoms with E-state index < -0.39 is 0 Å². The molecule has 0 atom stereocenters. The van der Waals surface area contributed by atoms with Crippen LogP contribution in [0.5, 0.6) is 0 Å². The zero-order chi connectivity index (χ0) is 0. The van der Waals surface area contributed by atoms with Gasteiger partial charge in [-0.3, -0.25) is 0 Å². The number of rotatable bonds is 0. The third-order valence-electron chi connectivity index (χ3n) is 0. The van der Waals surface area contributed by atoms with Gasteiger partial charge in [-0.2, -0.15) is 0 Å². The van der Waals surface area contributed by atoms with Crippen LogP contribution in [0.4, 0.5) is 0 Å². The molecule has 0 rings (SSSR count). The van der Waals surface area contributed by atoms with Crippen molar-refractivity contribution < 1.29 is 1220 Å². The molecule has 0 amide bonds. The second-order valence-electron chi connectivity index (χ2n) is 0. The topological polar surface area (TPSA) is 945 Å². The molecule has 0 spiro atoms. The summed E-state index contributed by atoms with van der Waals surface area (Å²) < 4.78 is 0. The van der Waals surface area contributed by atoms with E-state index in [-0.39, 0.29) is 1220 Å². The quantitative estimate of drug-likeness (QED) is 0.204. The molecule has 50 heavy (non-hydrogen) atoms. The summed E-state index contributed by atoms with van der Waals surface area (Å²) in [6.45, 7) is 0. The van der Waals surface area contributed by atoms with E-state index in [0.29, 0.717) is 0 Å². The minimum atomic E-state index is 0. The van der Waals surface area contributed by atoms with Crippen LogP contribution in [-0.4, -0.2) is 164 Å². The first-order valence-electron chi connectivity index (χ1n) is 0. The van der Waals surface area contributed by atoms with Gasteiger partial charge in [-0.15, -0.1) is 0 Å². The summed E-state index contributed by atoms with van der Waals surface area (Å²) in [5.74, 6) is 0. The van der Waals surface area contributed by atoms with Gasteiger partial charge in [-0.05, 0) is 0 Å². The van der Waals surface area contributed by atoms with Crippen LogP contribution < -0.4 is 1030 Å². The second-order valence-corrected chi connectivity index (χ2v) is 0. The van der Waals surface area contributed by atoms with Gasteiger partial charge >= 0.3 is 1030 Å². The van der Waals surface area contributed by atoms with Gasteiger partial charge in [-0.1, -0.05) is 0 Å². The molecule has 30 nitrogen and oxygen atoms in total. The summed E-state index contributed by atoms with van der Waals surface area (Å²) in [6, 6.07) is 0. The average Bonchev–Trinajstić information content (AvgIpc) is 0. The van der Waals surface area contributed by atoms with Gasteiger partial charge in [-0.25, -0.2) is 0 Å². The molecule has 50 heteroatoms. The van der Waals surface area contributed by atoms with E-state index >= 15 is 0 Å². The molecule has 0 unspecified atom stereocenters. The summed E-state index contributed by atoms with van der Waals surface area (Å²) in [7, 11) is 0. The maximum Gasteiger partial charge on any atom is 1.00 e. The summed E-state index contributed by atoms with van der Waals surface area (Å²) >= 11 is 0. The van der Waals surface area contributed by atoms with Gasteiger partial charge < -0.3 is 193 Å². The van der Waals surface area contributed by atoms with Crippen LogP contribution in [0.25, 0.3) is 0 Å². The molecule has 0 heterocycles. The third-order valence-corrected chi connectivity index (χ3v) is 0. The van der Waals surface area contributed by atoms with Gasteiger partial charge in [0, 0.05) is 0 Å². The van der Waals surface area contributed by atoms with Crippen LogP contribution in [0.3, 0.4) is 0 Å². The fourth-order valence-corrected chi connectivity index (χ4v) is 0. The summed E-state index contributed by atoms with van der Waals surface area (Å²) in [4.78, 5) is 0. The van der Waals surface area contributed by atoms with Crippen molar-refractivity contribution in [3.05, 3.63) is 0 Å². The Morgan fingerprint density at radius 3 is 0.0600 bits per heavy atom. The minimum absolute atomic E-state index is 0. The first kappa shape index (κ1) is 532. The molecule has 0 aliphatic carbocycles. The predicted octanol–water partition coefficient (Wildman–Crippen LogP) is -82.4. The monoisotopic (exact) mass is 1340 g/mol. The van der Waals surface area contributed by atoms with Crippen LogP contribution in [0.15, 0.2) is 0 Å². The molecule has 0 aromatic rings. The molecule has 0 bridgehead atoms. The van der Waals surface area contributed by atoms with Crippen LogP contribution >= 0.6 is 0 Å². The first-order chi connectivity index (χ1) is 0. The molecular weight excluding hydrogens is 1260 g/mol. The van der Waals surface area contributed by atoms with E-state index in [9.17, 15) is 0 Å². The van der Waals surface area contributed by atoms with Crippen LogP contribution in [-0.2, 0) is 0 Å². The van der Waals surface area contributed by atoms with Crippen molar-refractivity contribution >= 4 is 0 Å². The zero-order valence-electron chi connectivity index (χ0n) is 55.0. The maximum absolute atomic E-state index is 0. The van der Waals surface area contributed by atoms with E-state index in [1.165, 1.54) is 0 Å². The Kier molecular flexibility index (Phi) is 5450. The molecule has 0 aromatic carbocycles. The minimum Gasteiger partial charge on any atom is -1.00 e. The molecule has 0 aliphatic rings. The summed E-state index contributed by atoms with van der Waals surface area (Å²) in [6.07, 6.45) is 0. The van der Waals surface area contributed by atoms with Crippen molar-refractivity contribution in [1.29, 1.82) is 0 Å². The summed E-state index contributed by atoms with van der Waals surface area (Å²) in [5.41, 5.74) is 0. The Balaban J connectivity index is 0. The van der Waals surface area contributed by atoms with Crippen molar-refractivity contribution in [3.63, 3.8) is 0 Å². The van der Waals surface area contributed by atoms with Gasteiger partial charge in [0.25, 0.3) is 0 Å². The smallest absolute Gasteiger partial charge is 1.00 e. The Bertz CT molecular complexity index is 109. The van der Waals surface area contributed by atoms with E-state index in [1.807, 2.05) is 0 Å². The largest absolute Gasteiger partial charge is 1.00 e. The second kappa shape index (κ2) is 512. The molecule has 280 valence electrons. The van der Waals surface area contributed by atoms with Crippen molar-refractivity contribution in [2.45, 2.75) is 0 Å². The predicted molar refractivity (Wildman–Crippen MR) is 131 cm³/mol. The summed E-state index contributed by atoms with van der Waals surface area (Å²) in [5, 5.41) is 0. The maximum atomic E-state index is 0. The third kappa shape index (κ3) is 493. The normalized spacial score (nSPS) is 0. The Labute approximate surface area is 1170 Å². The Morgan fingerprint density at radius 1 is 0.0600 bits per heavy atom. The van der Waals surface area contributed by atoms with Gasteiger partial charge in [0.05, 0.1) is 0 Å². The Morgan fingerprint density at radius 2 is 0.0600 bits per heavy atom. The van der Waals surface area contributed by atoms with E-state index in [0.717, 1.165) is 0 Å². The van der Waals surface area contributed by atoms with Crippen molar-refractivity contribution in [2.24, 2.45) is 0 Å². The fraction of sp³-hybridized carbons (Fsp3) is 0. The van der Waals surface area contributed by atoms with Crippen LogP contribution in [0, 0.1) is 0 Å². The van der Waals surface area contributed by atoms with Gasteiger partial charge in [0.1, 0.15) is 0 Å². The Hall–Kier alpha value is 31.5. The SMILES string of the molecule is O.O.O.O.O.O.O.O.O.O.O.O.O.O.O.O.O.O.O.O.O.O.O.O.O.O.O.O.O.O.[H-].[H-].[H-].[H-].[H-].[H-].[H-].[H-].[H-].[H-].[H-].[H-].[H-].[H-].[H-].[H-].[H-].[H-].[H-].[H-].[K+].[K+].[K+].[K+].[K+].[K+].[K+].[K+].[K+].[K+].[K+].[K+].[K+].[K+].[K+].[K+].[K+].[K+].[K+].[K+]. The fourth-order valence-electron chi connectivity index (χ4n) is 0. The molecule has 60 N–H and O–H groups in total. The first-order valence-corrected chi connectivity index (χ1v) is 0. The van der Waals surface area contributed by atoms with Gasteiger partial charge in [0.2, 0.25) is 0 Å². The van der Waals surface area contributed by atoms with E-state index in [4.69, 9.17) is 0 Å². The number of hydrogen-bond acceptors (Lipinski definition) is 0. The standard InChI is InChI=1S/20K.30H2O.20H/h;;;;;;;;;;;;;;;;;;;;30*1H2;;;;;;;;;;;;;;;;;;;;/q20*+1;;;;;;;;;;;;;;;;;;;;;;;;;;;;;;;20*-1. The molecule has 0 aromatic heterocycles. The van der Waals surface area contributed by atoms with Crippen LogP contribution in [0.1, 0.15) is 28.5 Å². The van der Waals surface area contributed by atoms with Crippen molar-refractivity contribution in [3.8, 4) is 0 Å². The molecular formula is H80K20O30. The molecule has 0 aliphatic heterocycles. The molecule has 0 fully saturated rings.